The smallest absolute Gasteiger partial charge is 0.242 e. The summed E-state index contributed by atoms with van der Waals surface area (Å²) in [5.74, 6) is 0.563. The molecule has 0 spiro atoms. The van der Waals surface area contributed by atoms with Crippen molar-refractivity contribution in [2.75, 3.05) is 39.3 Å². The molecule has 34 heavy (non-hydrogen) atoms. The second-order valence-corrected chi connectivity index (χ2v) is 12.3. The minimum Gasteiger partial charge on any atom is -0.341 e. The van der Waals surface area contributed by atoms with Gasteiger partial charge in [0.05, 0.1) is 11.4 Å². The van der Waals surface area contributed by atoms with Gasteiger partial charge in [0.15, 0.2) is 0 Å². The molecule has 0 aliphatic carbocycles. The molecule has 2 amide bonds. The van der Waals surface area contributed by atoms with Gasteiger partial charge in [0.2, 0.25) is 21.8 Å². The topological polar surface area (TPSA) is 98.8 Å². The van der Waals surface area contributed by atoms with Crippen LogP contribution in [0.15, 0.2) is 45.8 Å². The molecule has 2 aromatic rings. The summed E-state index contributed by atoms with van der Waals surface area (Å²) >= 11 is 3.42. The van der Waals surface area contributed by atoms with E-state index in [2.05, 4.69) is 26.0 Å². The molecule has 8 nitrogen and oxygen atoms in total. The molecule has 3 atom stereocenters. The number of hydrogen-bond acceptors (Lipinski definition) is 5. The lowest BCUT2D eigenvalue weighted by atomic mass is 9.86. The summed E-state index contributed by atoms with van der Waals surface area (Å²) in [7, 11) is -3.89. The highest BCUT2D eigenvalue weighted by Crippen LogP contribution is 2.26. The fourth-order valence-corrected chi connectivity index (χ4v) is 7.03. The Labute approximate surface area is 208 Å². The van der Waals surface area contributed by atoms with E-state index >= 15 is 0 Å². The summed E-state index contributed by atoms with van der Waals surface area (Å²) in [5.41, 5.74) is 0. The molecule has 182 valence electrons. The van der Waals surface area contributed by atoms with Gasteiger partial charge in [-0.15, -0.1) is 0 Å². The van der Waals surface area contributed by atoms with Crippen LogP contribution in [0.25, 0.3) is 10.8 Å². The van der Waals surface area contributed by atoms with Gasteiger partial charge in [0.25, 0.3) is 0 Å². The number of carbonyl (C=O) groups excluding carboxylic acids is 2. The number of hydrogen-bond donors (Lipinski definition) is 2. The normalized spacial score (nSPS) is 25.6. The van der Waals surface area contributed by atoms with Crippen LogP contribution in [0.1, 0.15) is 19.3 Å². The Balaban J connectivity index is 1.25. The first-order chi connectivity index (χ1) is 16.3. The van der Waals surface area contributed by atoms with Crippen molar-refractivity contribution in [2.24, 2.45) is 11.8 Å². The van der Waals surface area contributed by atoms with Crippen LogP contribution in [-0.2, 0) is 19.6 Å². The van der Waals surface area contributed by atoms with E-state index in [-0.39, 0.29) is 23.3 Å². The van der Waals surface area contributed by atoms with Crippen LogP contribution in [-0.4, -0.2) is 75.3 Å². The van der Waals surface area contributed by atoms with Crippen molar-refractivity contribution in [2.45, 2.75) is 30.2 Å². The number of carbonyl (C=O) groups is 2. The van der Waals surface area contributed by atoms with E-state index in [0.29, 0.717) is 31.2 Å². The van der Waals surface area contributed by atoms with Crippen LogP contribution >= 0.6 is 15.9 Å². The van der Waals surface area contributed by atoms with Crippen molar-refractivity contribution in [3.63, 3.8) is 0 Å². The van der Waals surface area contributed by atoms with Gasteiger partial charge in [0, 0.05) is 24.1 Å². The summed E-state index contributed by atoms with van der Waals surface area (Å²) in [6.45, 7) is 3.78. The molecule has 3 aliphatic rings. The summed E-state index contributed by atoms with van der Waals surface area (Å²) < 4.78 is 29.7. The molecule has 3 heterocycles. The summed E-state index contributed by atoms with van der Waals surface area (Å²) in [6.07, 6.45) is 2.21. The van der Waals surface area contributed by atoms with E-state index in [0.717, 1.165) is 47.8 Å². The van der Waals surface area contributed by atoms with Gasteiger partial charge in [-0.05, 0) is 79.2 Å². The standard InChI is InChI=1S/C24H29BrN4O4S/c25-20-5-3-19-10-21(6-4-18(19)9-20)34(32,33)27-22-2-1-7-28(24(22)31)15-23(30)29-13-16-8-17(14-29)12-26-11-16/h3-6,9-10,16-17,22,26-27H,1-2,7-8,11-15H2/t16?,17?,22-/m0/s1. The van der Waals surface area contributed by atoms with Crippen molar-refractivity contribution < 1.29 is 18.0 Å². The molecule has 3 fully saturated rings. The highest BCUT2D eigenvalue weighted by atomic mass is 79.9. The SMILES string of the molecule is O=C(CN1CCC[C@H](NS(=O)(=O)c2ccc3cc(Br)ccc3c2)C1=O)N1CC2CNCC(C2)C1. The van der Waals surface area contributed by atoms with E-state index in [1.54, 1.807) is 18.2 Å². The third-order valence-corrected chi connectivity index (χ3v) is 9.04. The molecule has 2 aromatic carbocycles. The first-order valence-electron chi connectivity index (χ1n) is 11.8. The number of fused-ring (bicyclic) bond motifs is 3. The molecule has 2 unspecified atom stereocenters. The highest BCUT2D eigenvalue weighted by molar-refractivity contribution is 9.10. The molecule has 3 aliphatic heterocycles. The van der Waals surface area contributed by atoms with Gasteiger partial charge in [0.1, 0.15) is 6.04 Å². The molecule has 0 saturated carbocycles. The second-order valence-electron chi connectivity index (χ2n) is 9.65. The molecular formula is C24H29BrN4O4S. The zero-order valence-corrected chi connectivity index (χ0v) is 21.3. The number of sulfonamides is 1. The Morgan fingerprint density at radius 1 is 1.09 bits per heavy atom. The Kier molecular flexibility index (Phi) is 6.67. The largest absolute Gasteiger partial charge is 0.341 e. The number of amides is 2. The van der Waals surface area contributed by atoms with Crippen LogP contribution in [0, 0.1) is 11.8 Å². The molecule has 5 rings (SSSR count). The van der Waals surface area contributed by atoms with E-state index in [1.807, 2.05) is 23.1 Å². The first-order valence-corrected chi connectivity index (χ1v) is 14.0. The van der Waals surface area contributed by atoms with Crippen LogP contribution in [0.5, 0.6) is 0 Å². The van der Waals surface area contributed by atoms with Crippen LogP contribution in [0.3, 0.4) is 0 Å². The minimum absolute atomic E-state index is 0.00871. The molecule has 0 radical (unpaired) electrons. The number of nitrogens with one attached hydrogen (secondary N) is 2. The van der Waals surface area contributed by atoms with Crippen LogP contribution in [0.4, 0.5) is 0 Å². The van der Waals surface area contributed by atoms with Gasteiger partial charge in [-0.2, -0.15) is 4.72 Å². The molecule has 0 aromatic heterocycles. The van der Waals surface area contributed by atoms with E-state index in [4.69, 9.17) is 0 Å². The minimum atomic E-state index is -3.89. The summed E-state index contributed by atoms with van der Waals surface area (Å²) in [6, 6.07) is 9.68. The molecule has 2 N–H and O–H groups in total. The van der Waals surface area contributed by atoms with Crippen molar-refractivity contribution in [3.05, 3.63) is 40.9 Å². The zero-order valence-electron chi connectivity index (χ0n) is 18.9. The first kappa shape index (κ1) is 23.7. The number of nitrogens with zero attached hydrogens (tertiary/aromatic N) is 2. The maximum absolute atomic E-state index is 13.1. The van der Waals surface area contributed by atoms with Gasteiger partial charge in [-0.1, -0.05) is 28.1 Å². The van der Waals surface area contributed by atoms with Gasteiger partial charge < -0.3 is 15.1 Å². The van der Waals surface area contributed by atoms with Crippen molar-refractivity contribution in [1.29, 1.82) is 0 Å². The van der Waals surface area contributed by atoms with Crippen molar-refractivity contribution in [3.8, 4) is 0 Å². The van der Waals surface area contributed by atoms with Gasteiger partial charge >= 0.3 is 0 Å². The van der Waals surface area contributed by atoms with E-state index < -0.39 is 16.1 Å². The number of piperidine rings is 3. The number of likely N-dealkylation sites (tertiary alicyclic amines) is 2. The third-order valence-electron chi connectivity index (χ3n) is 7.08. The van der Waals surface area contributed by atoms with Crippen molar-refractivity contribution in [1.82, 2.24) is 19.8 Å². The monoisotopic (exact) mass is 548 g/mol. The van der Waals surface area contributed by atoms with Gasteiger partial charge in [-0.25, -0.2) is 8.42 Å². The Hall–Kier alpha value is -2.01. The van der Waals surface area contributed by atoms with Gasteiger partial charge in [-0.3, -0.25) is 9.59 Å². The zero-order chi connectivity index (χ0) is 23.9. The lowest BCUT2D eigenvalue weighted by Gasteiger charge is -2.42. The fourth-order valence-electron chi connectivity index (χ4n) is 5.40. The van der Waals surface area contributed by atoms with Crippen LogP contribution in [0.2, 0.25) is 0 Å². The lowest BCUT2D eigenvalue weighted by molar-refractivity contribution is -0.144. The highest BCUT2D eigenvalue weighted by Gasteiger charge is 2.36. The third kappa shape index (κ3) is 5.00. The maximum atomic E-state index is 13.1. The quantitative estimate of drug-likeness (QED) is 0.594. The molecular weight excluding hydrogens is 520 g/mol. The van der Waals surface area contributed by atoms with E-state index in [1.165, 1.54) is 4.90 Å². The molecule has 10 heteroatoms. The number of benzene rings is 2. The Morgan fingerprint density at radius 3 is 2.56 bits per heavy atom. The molecule has 3 saturated heterocycles. The Bertz CT molecular complexity index is 1210. The predicted molar refractivity (Wildman–Crippen MR) is 133 cm³/mol. The number of rotatable bonds is 5. The molecule has 2 bridgehead atoms. The maximum Gasteiger partial charge on any atom is 0.242 e. The summed E-state index contributed by atoms with van der Waals surface area (Å²) in [5, 5.41) is 5.14. The van der Waals surface area contributed by atoms with Crippen LogP contribution < -0.4 is 10.0 Å². The Morgan fingerprint density at radius 2 is 1.79 bits per heavy atom. The average Bonchev–Trinajstić information content (AvgIpc) is 2.80. The predicted octanol–water partition coefficient (Wildman–Crippen LogP) is 1.94. The number of halogens is 1. The summed E-state index contributed by atoms with van der Waals surface area (Å²) in [4.78, 5) is 29.6. The lowest BCUT2D eigenvalue weighted by Crippen LogP contribution is -2.57. The second kappa shape index (κ2) is 9.56. The average molecular weight is 549 g/mol. The fraction of sp³-hybridized carbons (Fsp3) is 0.500. The van der Waals surface area contributed by atoms with E-state index in [9.17, 15) is 18.0 Å². The van der Waals surface area contributed by atoms with Crippen molar-refractivity contribution >= 4 is 48.5 Å².